The summed E-state index contributed by atoms with van der Waals surface area (Å²) in [4.78, 5) is 31.6. The van der Waals surface area contributed by atoms with Crippen LogP contribution in [0.25, 0.3) is 11.1 Å². The quantitative estimate of drug-likeness (QED) is 0.535. The average Bonchev–Trinajstić information content (AvgIpc) is 3.13. The van der Waals surface area contributed by atoms with Gasteiger partial charge in [-0.25, -0.2) is 18.2 Å². The molecule has 7 nitrogen and oxygen atoms in total. The third-order valence-corrected chi connectivity index (χ3v) is 4.88. The molecule has 170 valence electrons. The van der Waals surface area contributed by atoms with Gasteiger partial charge in [0.05, 0.1) is 22.3 Å². The van der Waals surface area contributed by atoms with Gasteiger partial charge in [-0.3, -0.25) is 9.59 Å². The molecular formula is C22H23F3N4O3. The molecule has 0 radical (unpaired) electrons. The van der Waals surface area contributed by atoms with Crippen LogP contribution in [-0.2, 0) is 4.79 Å². The van der Waals surface area contributed by atoms with Crippen molar-refractivity contribution < 1.29 is 27.3 Å². The number of hydrogen-bond acceptors (Lipinski definition) is 5. The zero-order valence-electron chi connectivity index (χ0n) is 18.1. The summed E-state index contributed by atoms with van der Waals surface area (Å²) in [5.41, 5.74) is 1.11. The Labute approximate surface area is 182 Å². The number of rotatable bonds is 7. The third-order valence-electron chi connectivity index (χ3n) is 4.88. The van der Waals surface area contributed by atoms with Crippen molar-refractivity contribution in [3.05, 3.63) is 52.6 Å². The molecule has 2 amide bonds. The molecule has 1 aromatic carbocycles. The fourth-order valence-corrected chi connectivity index (χ4v) is 3.26. The molecule has 0 spiro atoms. The second-order valence-corrected chi connectivity index (χ2v) is 7.70. The van der Waals surface area contributed by atoms with Crippen LogP contribution in [-0.4, -0.2) is 39.9 Å². The van der Waals surface area contributed by atoms with Gasteiger partial charge in [-0.05, 0) is 37.5 Å². The maximum Gasteiger partial charge on any atom is 0.259 e. The number of anilines is 1. The maximum atomic E-state index is 13.9. The molecule has 2 heterocycles. The van der Waals surface area contributed by atoms with Gasteiger partial charge >= 0.3 is 0 Å². The number of benzene rings is 1. The molecular weight excluding hydrogens is 425 g/mol. The Balaban J connectivity index is 1.90. The lowest BCUT2D eigenvalue weighted by molar-refractivity contribution is -0.116. The van der Waals surface area contributed by atoms with Crippen LogP contribution >= 0.6 is 0 Å². The van der Waals surface area contributed by atoms with E-state index in [1.54, 1.807) is 13.0 Å². The van der Waals surface area contributed by atoms with Crippen LogP contribution in [0.15, 0.2) is 22.7 Å². The fraction of sp³-hybridized carbons (Fsp3) is 0.364. The van der Waals surface area contributed by atoms with E-state index >= 15 is 0 Å². The highest BCUT2D eigenvalue weighted by molar-refractivity contribution is 6.07. The first kappa shape index (κ1) is 23.2. The van der Waals surface area contributed by atoms with Gasteiger partial charge in [-0.15, -0.1) is 0 Å². The standard InChI is InChI=1S/C22H23F3N4O3/c1-5-8-29(10-17(30)26-15-7-6-14(23)19(24)20(15)25)22(31)13-9-16(11(2)3)27-21-18(13)12(4)28-32-21/h6-7,9,11H,5,8,10H2,1-4H3,(H,26,30). The molecule has 3 rings (SSSR count). The summed E-state index contributed by atoms with van der Waals surface area (Å²) in [5.74, 6) is -5.76. The summed E-state index contributed by atoms with van der Waals surface area (Å²) >= 11 is 0. The highest BCUT2D eigenvalue weighted by atomic mass is 19.2. The lowest BCUT2D eigenvalue weighted by Crippen LogP contribution is -2.39. The van der Waals surface area contributed by atoms with Gasteiger partial charge in [0.15, 0.2) is 17.5 Å². The fourth-order valence-electron chi connectivity index (χ4n) is 3.26. The smallest absolute Gasteiger partial charge is 0.259 e. The van der Waals surface area contributed by atoms with Gasteiger partial charge in [0, 0.05) is 12.2 Å². The second-order valence-electron chi connectivity index (χ2n) is 7.70. The van der Waals surface area contributed by atoms with Gasteiger partial charge in [0.1, 0.15) is 6.54 Å². The zero-order valence-corrected chi connectivity index (χ0v) is 18.1. The minimum atomic E-state index is -1.69. The molecule has 0 atom stereocenters. The van der Waals surface area contributed by atoms with Crippen molar-refractivity contribution in [1.29, 1.82) is 0 Å². The van der Waals surface area contributed by atoms with E-state index in [2.05, 4.69) is 15.5 Å². The molecule has 32 heavy (non-hydrogen) atoms. The number of nitrogens with one attached hydrogen (secondary N) is 1. The maximum absolute atomic E-state index is 13.9. The Hall–Kier alpha value is -3.43. The molecule has 0 saturated heterocycles. The van der Waals surface area contributed by atoms with E-state index in [-0.39, 0.29) is 23.7 Å². The lowest BCUT2D eigenvalue weighted by Gasteiger charge is -2.22. The van der Waals surface area contributed by atoms with E-state index in [4.69, 9.17) is 4.52 Å². The van der Waals surface area contributed by atoms with Crippen molar-refractivity contribution in [3.63, 3.8) is 0 Å². The van der Waals surface area contributed by atoms with E-state index in [1.807, 2.05) is 20.8 Å². The second kappa shape index (κ2) is 9.37. The summed E-state index contributed by atoms with van der Waals surface area (Å²) in [6.07, 6.45) is 0.548. The van der Waals surface area contributed by atoms with E-state index in [0.29, 0.717) is 29.3 Å². The van der Waals surface area contributed by atoms with Crippen LogP contribution in [0.3, 0.4) is 0 Å². The average molecular weight is 448 g/mol. The predicted molar refractivity (Wildman–Crippen MR) is 112 cm³/mol. The Morgan fingerprint density at radius 3 is 2.56 bits per heavy atom. The number of nitrogens with zero attached hydrogens (tertiary/aromatic N) is 3. The Morgan fingerprint density at radius 2 is 1.91 bits per heavy atom. The van der Waals surface area contributed by atoms with Crippen molar-refractivity contribution >= 4 is 28.6 Å². The van der Waals surface area contributed by atoms with Crippen LogP contribution in [0, 0.1) is 24.4 Å². The number of fused-ring (bicyclic) bond motifs is 1. The number of amides is 2. The Kier molecular flexibility index (Phi) is 6.81. The monoisotopic (exact) mass is 448 g/mol. The highest BCUT2D eigenvalue weighted by Gasteiger charge is 2.25. The van der Waals surface area contributed by atoms with Crippen LogP contribution in [0.1, 0.15) is 54.9 Å². The summed E-state index contributed by atoms with van der Waals surface area (Å²) < 4.78 is 45.7. The number of aromatic nitrogens is 2. The van der Waals surface area contributed by atoms with Crippen LogP contribution in [0.4, 0.5) is 18.9 Å². The summed E-state index contributed by atoms with van der Waals surface area (Å²) in [5, 5.41) is 6.53. The number of carbonyl (C=O) groups is 2. The molecule has 0 aliphatic rings. The first-order valence-electron chi connectivity index (χ1n) is 10.1. The third kappa shape index (κ3) is 4.58. The molecule has 0 aliphatic heterocycles. The van der Waals surface area contributed by atoms with Gasteiger partial charge in [-0.2, -0.15) is 0 Å². The van der Waals surface area contributed by atoms with E-state index in [1.165, 1.54) is 4.90 Å². The molecule has 2 aromatic heterocycles. The SMILES string of the molecule is CCCN(CC(=O)Nc1ccc(F)c(F)c1F)C(=O)c1cc(C(C)C)nc2onc(C)c12. The number of pyridine rings is 1. The molecule has 0 bridgehead atoms. The summed E-state index contributed by atoms with van der Waals surface area (Å²) in [7, 11) is 0. The molecule has 0 aliphatic carbocycles. The molecule has 0 unspecified atom stereocenters. The summed E-state index contributed by atoms with van der Waals surface area (Å²) in [6, 6.07) is 3.27. The number of halogens is 3. The van der Waals surface area contributed by atoms with Crippen LogP contribution in [0.5, 0.6) is 0 Å². The van der Waals surface area contributed by atoms with Crippen LogP contribution < -0.4 is 5.32 Å². The van der Waals surface area contributed by atoms with Gasteiger partial charge in [0.2, 0.25) is 5.91 Å². The van der Waals surface area contributed by atoms with Gasteiger partial charge in [-0.1, -0.05) is 25.9 Å². The van der Waals surface area contributed by atoms with Crippen molar-refractivity contribution in [2.45, 2.75) is 40.0 Å². The van der Waals surface area contributed by atoms with E-state index in [0.717, 1.165) is 6.07 Å². The van der Waals surface area contributed by atoms with Crippen molar-refractivity contribution in [2.24, 2.45) is 0 Å². The van der Waals surface area contributed by atoms with E-state index in [9.17, 15) is 22.8 Å². The molecule has 0 fully saturated rings. The van der Waals surface area contributed by atoms with E-state index < -0.39 is 41.5 Å². The normalized spacial score (nSPS) is 11.2. The topological polar surface area (TPSA) is 88.3 Å². The van der Waals surface area contributed by atoms with Crippen molar-refractivity contribution in [2.75, 3.05) is 18.4 Å². The first-order chi connectivity index (χ1) is 15.1. The Morgan fingerprint density at radius 1 is 1.19 bits per heavy atom. The highest BCUT2D eigenvalue weighted by Crippen LogP contribution is 2.26. The lowest BCUT2D eigenvalue weighted by atomic mass is 10.0. The van der Waals surface area contributed by atoms with Crippen LogP contribution in [0.2, 0.25) is 0 Å². The summed E-state index contributed by atoms with van der Waals surface area (Å²) in [6.45, 7) is 7.16. The number of hydrogen-bond donors (Lipinski definition) is 1. The Bertz CT molecular complexity index is 1180. The van der Waals surface area contributed by atoms with Gasteiger partial charge in [0.25, 0.3) is 11.6 Å². The minimum Gasteiger partial charge on any atom is -0.336 e. The minimum absolute atomic E-state index is 0.00984. The first-order valence-corrected chi connectivity index (χ1v) is 10.1. The zero-order chi connectivity index (χ0) is 23.6. The predicted octanol–water partition coefficient (Wildman–Crippen LogP) is 4.56. The molecule has 3 aromatic rings. The largest absolute Gasteiger partial charge is 0.336 e. The number of aryl methyl sites for hydroxylation is 1. The molecule has 0 saturated carbocycles. The number of carbonyl (C=O) groups excluding carboxylic acids is 2. The van der Waals surface area contributed by atoms with Gasteiger partial charge < -0.3 is 14.7 Å². The molecule has 10 heteroatoms. The molecule has 1 N–H and O–H groups in total. The van der Waals surface area contributed by atoms with Crippen molar-refractivity contribution in [3.8, 4) is 0 Å². The van der Waals surface area contributed by atoms with Crippen molar-refractivity contribution in [1.82, 2.24) is 15.0 Å².